The van der Waals surface area contributed by atoms with Crippen molar-refractivity contribution in [1.29, 1.82) is 0 Å². The summed E-state index contributed by atoms with van der Waals surface area (Å²) in [6.45, 7) is 0. The molecule has 0 bridgehead atoms. The van der Waals surface area contributed by atoms with Crippen molar-refractivity contribution >= 4 is 23.2 Å². The number of methoxy groups -OCH3 is 1. The van der Waals surface area contributed by atoms with E-state index < -0.39 is 0 Å². The van der Waals surface area contributed by atoms with Crippen molar-refractivity contribution in [2.75, 3.05) is 7.11 Å². The van der Waals surface area contributed by atoms with Crippen LogP contribution in [-0.2, 0) is 4.74 Å². The van der Waals surface area contributed by atoms with Gasteiger partial charge in [-0.3, -0.25) is 0 Å². The smallest absolute Gasteiger partial charge is 0.338 e. The summed E-state index contributed by atoms with van der Waals surface area (Å²) in [6.07, 6.45) is 3.67. The van der Waals surface area contributed by atoms with Gasteiger partial charge < -0.3 is 9.14 Å². The third-order valence-corrected chi connectivity index (χ3v) is 3.24. The minimum Gasteiger partial charge on any atom is -0.465 e. The molecule has 0 aliphatic carbocycles. The van der Waals surface area contributed by atoms with Crippen molar-refractivity contribution in [1.82, 2.24) is 9.38 Å². The predicted molar refractivity (Wildman–Crippen MR) is 77.0 cm³/mol. The fourth-order valence-electron chi connectivity index (χ4n) is 2.01. The zero-order valence-electron chi connectivity index (χ0n) is 10.7. The van der Waals surface area contributed by atoms with E-state index in [2.05, 4.69) is 4.98 Å². The normalized spacial score (nSPS) is 10.7. The summed E-state index contributed by atoms with van der Waals surface area (Å²) in [5, 5.41) is 0.662. The Labute approximate surface area is 120 Å². The molecule has 0 saturated carbocycles. The molecule has 1 aromatic carbocycles. The third-order valence-electron chi connectivity index (χ3n) is 3.00. The molecule has 0 radical (unpaired) electrons. The number of benzene rings is 1. The van der Waals surface area contributed by atoms with Crippen LogP contribution in [0.5, 0.6) is 0 Å². The van der Waals surface area contributed by atoms with Crippen LogP contribution < -0.4 is 0 Å². The summed E-state index contributed by atoms with van der Waals surface area (Å²) < 4.78 is 6.55. The van der Waals surface area contributed by atoms with Gasteiger partial charge in [-0.15, -0.1) is 0 Å². The quantitative estimate of drug-likeness (QED) is 0.678. The van der Waals surface area contributed by atoms with Gasteiger partial charge in [-0.1, -0.05) is 23.7 Å². The number of hydrogen-bond acceptors (Lipinski definition) is 3. The zero-order valence-corrected chi connectivity index (χ0v) is 11.5. The van der Waals surface area contributed by atoms with Gasteiger partial charge in [0.25, 0.3) is 0 Å². The number of imidazole rings is 1. The van der Waals surface area contributed by atoms with Crippen LogP contribution in [0.3, 0.4) is 0 Å². The first-order chi connectivity index (χ1) is 9.67. The van der Waals surface area contributed by atoms with Crippen LogP contribution in [0.1, 0.15) is 10.4 Å². The van der Waals surface area contributed by atoms with Crippen molar-refractivity contribution in [3.05, 3.63) is 59.4 Å². The number of carbonyl (C=O) groups is 1. The molecule has 3 aromatic rings. The van der Waals surface area contributed by atoms with E-state index in [-0.39, 0.29) is 5.97 Å². The molecule has 0 saturated heterocycles. The molecule has 2 aromatic heterocycles. The van der Waals surface area contributed by atoms with E-state index in [1.807, 2.05) is 34.9 Å². The van der Waals surface area contributed by atoms with Gasteiger partial charge in [0, 0.05) is 23.0 Å². The van der Waals surface area contributed by atoms with Crippen molar-refractivity contribution < 1.29 is 9.53 Å². The number of nitrogens with zero attached hydrogens (tertiary/aromatic N) is 2. The van der Waals surface area contributed by atoms with Crippen molar-refractivity contribution in [3.8, 4) is 11.3 Å². The second-order valence-corrected chi connectivity index (χ2v) is 4.75. The summed E-state index contributed by atoms with van der Waals surface area (Å²) in [6, 6.07) is 10.9. The topological polar surface area (TPSA) is 43.6 Å². The Morgan fingerprint density at radius 2 is 2.15 bits per heavy atom. The molecule has 3 rings (SSSR count). The fraction of sp³-hybridized carbons (Fsp3) is 0.0667. The lowest BCUT2D eigenvalue weighted by Crippen LogP contribution is -2.01. The molecule has 100 valence electrons. The molecule has 0 fully saturated rings. The lowest BCUT2D eigenvalue weighted by Gasteiger charge is -1.98. The van der Waals surface area contributed by atoms with Crippen LogP contribution in [0.4, 0.5) is 0 Å². The highest BCUT2D eigenvalue weighted by molar-refractivity contribution is 6.30. The van der Waals surface area contributed by atoms with Gasteiger partial charge in [0.1, 0.15) is 5.65 Å². The standard InChI is InChI=1S/C15H11ClN2O2/c1-20-15(19)11-5-6-18-9-13(17-14(18)8-11)10-3-2-4-12(16)7-10/h2-9H,1H3. The Bertz CT molecular complexity index is 795. The van der Waals surface area contributed by atoms with E-state index in [0.717, 1.165) is 11.3 Å². The number of ether oxygens (including phenoxy) is 1. The SMILES string of the molecule is COC(=O)c1ccn2cc(-c3cccc(Cl)c3)nc2c1. The molecule has 2 heterocycles. The number of halogens is 1. The monoisotopic (exact) mass is 286 g/mol. The minimum absolute atomic E-state index is 0.375. The Morgan fingerprint density at radius 3 is 2.90 bits per heavy atom. The summed E-state index contributed by atoms with van der Waals surface area (Å²) >= 11 is 5.98. The third kappa shape index (κ3) is 2.26. The Hall–Kier alpha value is -2.33. The van der Waals surface area contributed by atoms with Crippen LogP contribution in [-0.4, -0.2) is 22.5 Å². The van der Waals surface area contributed by atoms with E-state index in [1.165, 1.54) is 7.11 Å². The number of carbonyl (C=O) groups excluding carboxylic acids is 1. The van der Waals surface area contributed by atoms with Crippen LogP contribution >= 0.6 is 11.6 Å². The van der Waals surface area contributed by atoms with Gasteiger partial charge >= 0.3 is 5.97 Å². The van der Waals surface area contributed by atoms with Gasteiger partial charge in [-0.2, -0.15) is 0 Å². The highest BCUT2D eigenvalue weighted by Crippen LogP contribution is 2.22. The van der Waals surface area contributed by atoms with Crippen molar-refractivity contribution in [3.63, 3.8) is 0 Å². The van der Waals surface area contributed by atoms with Gasteiger partial charge in [-0.25, -0.2) is 9.78 Å². The highest BCUT2D eigenvalue weighted by atomic mass is 35.5. The lowest BCUT2D eigenvalue weighted by molar-refractivity contribution is 0.0600. The first kappa shape index (κ1) is 12.7. The summed E-state index contributed by atoms with van der Waals surface area (Å²) in [5.41, 5.74) is 2.89. The van der Waals surface area contributed by atoms with E-state index >= 15 is 0 Å². The number of rotatable bonds is 2. The first-order valence-corrected chi connectivity index (χ1v) is 6.38. The molecule has 0 spiro atoms. The van der Waals surface area contributed by atoms with Crippen molar-refractivity contribution in [2.45, 2.75) is 0 Å². The molecule has 0 N–H and O–H groups in total. The molecule has 0 aliphatic rings. The average Bonchev–Trinajstić information content (AvgIpc) is 2.89. The number of pyridine rings is 1. The van der Waals surface area contributed by atoms with Crippen LogP contribution in [0, 0.1) is 0 Å². The van der Waals surface area contributed by atoms with Crippen LogP contribution in [0.2, 0.25) is 5.02 Å². The van der Waals surface area contributed by atoms with E-state index in [0.29, 0.717) is 16.2 Å². The molecule has 0 atom stereocenters. The molecule has 0 amide bonds. The van der Waals surface area contributed by atoms with Gasteiger partial charge in [0.05, 0.1) is 18.4 Å². The van der Waals surface area contributed by atoms with E-state index in [9.17, 15) is 4.79 Å². The molecule has 5 heteroatoms. The number of hydrogen-bond donors (Lipinski definition) is 0. The number of esters is 1. The van der Waals surface area contributed by atoms with Crippen molar-refractivity contribution in [2.24, 2.45) is 0 Å². The van der Waals surface area contributed by atoms with Gasteiger partial charge in [0.15, 0.2) is 0 Å². The van der Waals surface area contributed by atoms with E-state index in [1.54, 1.807) is 18.3 Å². The summed E-state index contributed by atoms with van der Waals surface area (Å²) in [5.74, 6) is -0.375. The number of aromatic nitrogens is 2. The lowest BCUT2D eigenvalue weighted by atomic mass is 10.2. The van der Waals surface area contributed by atoms with Crippen LogP contribution in [0.25, 0.3) is 16.9 Å². The highest BCUT2D eigenvalue weighted by Gasteiger charge is 2.09. The maximum absolute atomic E-state index is 11.5. The largest absolute Gasteiger partial charge is 0.465 e. The Kier molecular flexibility index (Phi) is 3.16. The molecular weight excluding hydrogens is 276 g/mol. The van der Waals surface area contributed by atoms with Crippen LogP contribution in [0.15, 0.2) is 48.8 Å². The maximum atomic E-state index is 11.5. The minimum atomic E-state index is -0.375. The second-order valence-electron chi connectivity index (χ2n) is 4.31. The fourth-order valence-corrected chi connectivity index (χ4v) is 2.20. The number of fused-ring (bicyclic) bond motifs is 1. The maximum Gasteiger partial charge on any atom is 0.338 e. The predicted octanol–water partition coefficient (Wildman–Crippen LogP) is 3.44. The van der Waals surface area contributed by atoms with Gasteiger partial charge in [-0.05, 0) is 24.3 Å². The summed E-state index contributed by atoms with van der Waals surface area (Å²) in [4.78, 5) is 16.0. The Morgan fingerprint density at radius 1 is 1.30 bits per heavy atom. The molecule has 0 unspecified atom stereocenters. The zero-order chi connectivity index (χ0) is 14.1. The summed E-state index contributed by atoms with van der Waals surface area (Å²) in [7, 11) is 1.36. The van der Waals surface area contributed by atoms with Gasteiger partial charge in [0.2, 0.25) is 0 Å². The first-order valence-electron chi connectivity index (χ1n) is 6.00. The molecule has 4 nitrogen and oxygen atoms in total. The molecular formula is C15H11ClN2O2. The van der Waals surface area contributed by atoms with E-state index in [4.69, 9.17) is 16.3 Å². The molecule has 0 aliphatic heterocycles. The second kappa shape index (κ2) is 4.98. The Balaban J connectivity index is 2.09. The molecule has 20 heavy (non-hydrogen) atoms. The average molecular weight is 287 g/mol.